The fourth-order valence-electron chi connectivity index (χ4n) is 7.55. The third-order valence-electron chi connectivity index (χ3n) is 10.3. The number of hydrogen-bond acceptors (Lipinski definition) is 10. The number of nitrogens with zero attached hydrogens (tertiary/aromatic N) is 6. The van der Waals surface area contributed by atoms with Crippen LogP contribution in [-0.4, -0.2) is 82.1 Å². The number of nitrogens with two attached hydrogens (primary N) is 1. The van der Waals surface area contributed by atoms with Crippen LogP contribution in [0.5, 0.6) is 0 Å². The number of aryl methyl sites for hydroxylation is 4. The lowest BCUT2D eigenvalue weighted by molar-refractivity contribution is 0.217. The van der Waals surface area contributed by atoms with Crippen LogP contribution in [0.25, 0.3) is 20.4 Å². The molecule has 0 unspecified atom stereocenters. The third kappa shape index (κ3) is 8.86. The molecule has 0 spiro atoms. The van der Waals surface area contributed by atoms with Crippen LogP contribution < -0.4 is 11.1 Å². The van der Waals surface area contributed by atoms with Gasteiger partial charge in [0.2, 0.25) is 10.6 Å². The van der Waals surface area contributed by atoms with E-state index in [4.69, 9.17) is 40.5 Å². The number of halogens is 4. The summed E-state index contributed by atoms with van der Waals surface area (Å²) in [5.74, 6) is 0.965. The molecule has 0 atom stereocenters. The van der Waals surface area contributed by atoms with Crippen molar-refractivity contribution in [2.45, 2.75) is 114 Å². The van der Waals surface area contributed by atoms with Crippen molar-refractivity contribution in [2.24, 2.45) is 5.73 Å². The second-order valence-corrected chi connectivity index (χ2v) is 17.0. The fraction of sp³-hybridized carbons (Fsp3) is 0.647. The fourth-order valence-corrected chi connectivity index (χ4v) is 10.9. The normalized spacial score (nSPS) is 23.3. The van der Waals surface area contributed by atoms with Gasteiger partial charge in [-0.05, 0) is 152 Å². The summed E-state index contributed by atoms with van der Waals surface area (Å²) in [6.07, 6.45) is 16.9. The van der Waals surface area contributed by atoms with Crippen molar-refractivity contribution >= 4 is 96.1 Å². The number of hydrogen-bond donors (Lipinski definition) is 2. The first-order valence-electron chi connectivity index (χ1n) is 17.0. The minimum Gasteiger partial charge on any atom is -0.367 e. The van der Waals surface area contributed by atoms with Gasteiger partial charge in [-0.15, -0.1) is 35.1 Å². The standard InChI is InChI=1S/C17H23ClN4S.C9H6Cl2N2S.C8H18N2.ClH/c1-22(2)11-8-6-10(7-9-11)19-15-14-12-4-3-5-13(12)23-16(14)21-17(18)20-15;10-7-6-4-2-1-3-5(4)14-8(6)13-9(11)12-7;1-10(2)8-5-3-7(9)4-6-8;/h10-11H,3-9H2,1-2H3,(H,19,20,21);1-3H2;7-8H,3-6,9H2,1-2H3;1H. The predicted molar refractivity (Wildman–Crippen MR) is 208 cm³/mol. The molecule has 4 aromatic heterocycles. The third-order valence-corrected chi connectivity index (χ3v) is 13.3. The molecule has 14 heteroatoms. The number of nitrogens with one attached hydrogen (secondary N) is 1. The molecule has 2 fully saturated rings. The molecule has 48 heavy (non-hydrogen) atoms. The highest BCUT2D eigenvalue weighted by Gasteiger charge is 2.27. The first kappa shape index (κ1) is 38.2. The average Bonchev–Trinajstić information content (AvgIpc) is 3.80. The Morgan fingerprint density at radius 1 is 0.646 bits per heavy atom. The van der Waals surface area contributed by atoms with Gasteiger partial charge in [-0.3, -0.25) is 0 Å². The summed E-state index contributed by atoms with van der Waals surface area (Å²) < 4.78 is 0. The molecule has 264 valence electrons. The summed E-state index contributed by atoms with van der Waals surface area (Å²) >= 11 is 21.5. The lowest BCUT2D eigenvalue weighted by atomic mass is 9.90. The van der Waals surface area contributed by atoms with E-state index in [2.05, 4.69) is 63.2 Å². The van der Waals surface area contributed by atoms with Gasteiger partial charge < -0.3 is 20.9 Å². The summed E-state index contributed by atoms with van der Waals surface area (Å²) in [5, 5.41) is 7.05. The molecule has 0 aliphatic heterocycles. The van der Waals surface area contributed by atoms with E-state index < -0.39 is 0 Å². The van der Waals surface area contributed by atoms with E-state index in [0.717, 1.165) is 46.2 Å². The first-order chi connectivity index (χ1) is 22.6. The molecular formula is C34H48Cl4N8S2. The first-order valence-corrected chi connectivity index (χ1v) is 19.8. The van der Waals surface area contributed by atoms with Crippen LogP contribution >= 0.6 is 69.9 Å². The molecule has 0 aromatic carbocycles. The van der Waals surface area contributed by atoms with Gasteiger partial charge in [-0.25, -0.2) is 19.9 Å². The molecular weight excluding hydrogens is 726 g/mol. The van der Waals surface area contributed by atoms with Crippen molar-refractivity contribution in [3.05, 3.63) is 36.6 Å². The summed E-state index contributed by atoms with van der Waals surface area (Å²) in [6, 6.07) is 2.49. The van der Waals surface area contributed by atoms with Crippen molar-refractivity contribution in [3.63, 3.8) is 0 Å². The van der Waals surface area contributed by atoms with E-state index in [0.29, 0.717) is 28.6 Å². The molecule has 0 bridgehead atoms. The smallest absolute Gasteiger partial charge is 0.225 e. The highest BCUT2D eigenvalue weighted by atomic mass is 35.5. The van der Waals surface area contributed by atoms with Crippen LogP contribution in [0, 0.1) is 0 Å². The second-order valence-electron chi connectivity index (χ2n) is 13.8. The highest BCUT2D eigenvalue weighted by Crippen LogP contribution is 2.41. The van der Waals surface area contributed by atoms with Crippen LogP contribution in [0.4, 0.5) is 5.82 Å². The maximum absolute atomic E-state index is 6.17. The molecule has 0 amide bonds. The second kappa shape index (κ2) is 17.0. The summed E-state index contributed by atoms with van der Waals surface area (Å²) in [4.78, 5) is 26.7. The molecule has 4 aromatic rings. The Bertz CT molecular complexity index is 1680. The van der Waals surface area contributed by atoms with Gasteiger partial charge in [0.15, 0.2) is 0 Å². The molecule has 8 rings (SSSR count). The van der Waals surface area contributed by atoms with Crippen molar-refractivity contribution in [1.29, 1.82) is 0 Å². The van der Waals surface area contributed by atoms with E-state index in [-0.39, 0.29) is 17.7 Å². The number of rotatable bonds is 4. The summed E-state index contributed by atoms with van der Waals surface area (Å²) in [6.45, 7) is 0. The van der Waals surface area contributed by atoms with Crippen LogP contribution in [-0.2, 0) is 25.7 Å². The Balaban J connectivity index is 0.000000154. The van der Waals surface area contributed by atoms with Gasteiger partial charge in [-0.1, -0.05) is 11.6 Å². The van der Waals surface area contributed by atoms with Crippen LogP contribution in [0.15, 0.2) is 0 Å². The molecule has 2 saturated carbocycles. The van der Waals surface area contributed by atoms with Crippen molar-refractivity contribution in [1.82, 2.24) is 29.7 Å². The molecule has 4 heterocycles. The molecule has 0 radical (unpaired) electrons. The molecule has 0 saturated heterocycles. The minimum atomic E-state index is 0. The van der Waals surface area contributed by atoms with Gasteiger partial charge in [-0.2, -0.15) is 0 Å². The molecule has 4 aliphatic rings. The Labute approximate surface area is 314 Å². The zero-order valence-electron chi connectivity index (χ0n) is 28.3. The van der Waals surface area contributed by atoms with E-state index >= 15 is 0 Å². The molecule has 3 N–H and O–H groups in total. The van der Waals surface area contributed by atoms with Gasteiger partial charge in [0.25, 0.3) is 0 Å². The Morgan fingerprint density at radius 2 is 1.12 bits per heavy atom. The Morgan fingerprint density at radius 3 is 1.67 bits per heavy atom. The van der Waals surface area contributed by atoms with Crippen LogP contribution in [0.1, 0.15) is 85.1 Å². The minimum absolute atomic E-state index is 0. The lowest BCUT2D eigenvalue weighted by Gasteiger charge is -2.33. The van der Waals surface area contributed by atoms with E-state index in [1.165, 1.54) is 96.9 Å². The highest BCUT2D eigenvalue weighted by molar-refractivity contribution is 7.19. The van der Waals surface area contributed by atoms with Crippen LogP contribution in [0.3, 0.4) is 0 Å². The van der Waals surface area contributed by atoms with Gasteiger partial charge in [0.05, 0.1) is 10.8 Å². The Kier molecular flexibility index (Phi) is 13.5. The molecule has 4 aliphatic carbocycles. The summed E-state index contributed by atoms with van der Waals surface area (Å²) in [7, 11) is 8.67. The van der Waals surface area contributed by atoms with Gasteiger partial charge in [0.1, 0.15) is 20.6 Å². The maximum Gasteiger partial charge on any atom is 0.225 e. The average molecular weight is 775 g/mol. The van der Waals surface area contributed by atoms with E-state index in [1.807, 2.05) is 0 Å². The van der Waals surface area contributed by atoms with Crippen LogP contribution in [0.2, 0.25) is 15.7 Å². The molecule has 8 nitrogen and oxygen atoms in total. The number of fused-ring (bicyclic) bond motifs is 6. The van der Waals surface area contributed by atoms with Crippen molar-refractivity contribution in [2.75, 3.05) is 33.5 Å². The predicted octanol–water partition coefficient (Wildman–Crippen LogP) is 8.84. The lowest BCUT2D eigenvalue weighted by Crippen LogP contribution is -2.36. The number of aromatic nitrogens is 4. The van der Waals surface area contributed by atoms with Crippen molar-refractivity contribution < 1.29 is 0 Å². The van der Waals surface area contributed by atoms with Gasteiger partial charge >= 0.3 is 0 Å². The van der Waals surface area contributed by atoms with Crippen molar-refractivity contribution in [3.8, 4) is 0 Å². The number of anilines is 1. The Hall–Kier alpha value is -1.08. The van der Waals surface area contributed by atoms with Gasteiger partial charge in [0, 0.05) is 33.9 Å². The van der Waals surface area contributed by atoms with E-state index in [1.54, 1.807) is 22.7 Å². The quantitative estimate of drug-likeness (QED) is 0.157. The monoisotopic (exact) mass is 772 g/mol. The zero-order chi connectivity index (χ0) is 33.2. The number of thiophene rings is 2. The largest absolute Gasteiger partial charge is 0.367 e. The summed E-state index contributed by atoms with van der Waals surface area (Å²) in [5.41, 5.74) is 8.58. The topological polar surface area (TPSA) is 96.1 Å². The maximum atomic E-state index is 6.17. The van der Waals surface area contributed by atoms with E-state index in [9.17, 15) is 0 Å². The zero-order valence-corrected chi connectivity index (χ0v) is 33.0. The SMILES string of the molecule is CN(C)C1CCC(N)CC1.CN(C)C1CCC(Nc2nc(Cl)nc3sc4c(c23)CCC4)CC1.Cl.Clc1nc(Cl)c2c3c(sc2n1)CCC3.